The van der Waals surface area contributed by atoms with E-state index < -0.39 is 29.4 Å². The summed E-state index contributed by atoms with van der Waals surface area (Å²) in [4.78, 5) is 36.4. The Balaban J connectivity index is 2.39. The van der Waals surface area contributed by atoms with Crippen molar-refractivity contribution in [3.8, 4) is 0 Å². The van der Waals surface area contributed by atoms with Crippen molar-refractivity contribution in [1.29, 1.82) is 0 Å². The van der Waals surface area contributed by atoms with E-state index in [1.54, 1.807) is 24.3 Å². The van der Waals surface area contributed by atoms with Crippen LogP contribution in [0, 0.1) is 11.3 Å². The molecule has 1 heterocycles. The molecular formula is C16H17BrO5. The first-order valence-electron chi connectivity index (χ1n) is 6.85. The molecule has 1 fully saturated rings. The third-order valence-electron chi connectivity index (χ3n) is 3.88. The van der Waals surface area contributed by atoms with Gasteiger partial charge in [-0.05, 0) is 31.5 Å². The predicted octanol–water partition coefficient (Wildman–Crippen LogP) is 2.82. The average Bonchev–Trinajstić information content (AvgIpc) is 2.49. The van der Waals surface area contributed by atoms with Crippen molar-refractivity contribution >= 4 is 33.7 Å². The molecular weight excluding hydrogens is 352 g/mol. The molecule has 6 heteroatoms. The SMILES string of the molecule is COC(=O)C[C@@H]1C(=O)C(C)(C)C(=O)O[C@H]1c1ccc(Br)cc1. The van der Waals surface area contributed by atoms with Crippen LogP contribution >= 0.6 is 15.9 Å². The van der Waals surface area contributed by atoms with E-state index in [9.17, 15) is 14.4 Å². The standard InChI is InChI=1S/C16H17BrO5/c1-16(2)14(19)11(8-12(18)21-3)13(22-15(16)20)9-4-6-10(17)7-5-9/h4-7,11,13H,8H2,1-3H3/t11-,13-/m0/s1. The lowest BCUT2D eigenvalue weighted by Crippen LogP contribution is -2.48. The van der Waals surface area contributed by atoms with Gasteiger partial charge in [-0.1, -0.05) is 28.1 Å². The van der Waals surface area contributed by atoms with Gasteiger partial charge in [-0.25, -0.2) is 0 Å². The molecule has 0 aliphatic carbocycles. The van der Waals surface area contributed by atoms with Gasteiger partial charge >= 0.3 is 11.9 Å². The maximum absolute atomic E-state index is 12.6. The highest BCUT2D eigenvalue weighted by atomic mass is 79.9. The fourth-order valence-electron chi connectivity index (χ4n) is 2.46. The molecule has 0 radical (unpaired) electrons. The van der Waals surface area contributed by atoms with E-state index in [0.717, 1.165) is 4.47 Å². The number of methoxy groups -OCH3 is 1. The molecule has 0 saturated carbocycles. The molecule has 1 aromatic carbocycles. The molecule has 0 aromatic heterocycles. The third-order valence-corrected chi connectivity index (χ3v) is 4.40. The van der Waals surface area contributed by atoms with Crippen LogP contribution in [-0.4, -0.2) is 24.8 Å². The van der Waals surface area contributed by atoms with Gasteiger partial charge in [-0.3, -0.25) is 14.4 Å². The number of ether oxygens (including phenoxy) is 2. The van der Waals surface area contributed by atoms with Crippen LogP contribution in [0.5, 0.6) is 0 Å². The zero-order chi connectivity index (χ0) is 16.5. The van der Waals surface area contributed by atoms with Gasteiger partial charge < -0.3 is 9.47 Å². The van der Waals surface area contributed by atoms with Gasteiger partial charge in [-0.15, -0.1) is 0 Å². The first-order chi connectivity index (χ1) is 10.3. The lowest BCUT2D eigenvalue weighted by Gasteiger charge is -2.37. The summed E-state index contributed by atoms with van der Waals surface area (Å²) in [5.41, 5.74) is -0.584. The van der Waals surface area contributed by atoms with Crippen LogP contribution in [-0.2, 0) is 23.9 Å². The van der Waals surface area contributed by atoms with Crippen molar-refractivity contribution in [3.63, 3.8) is 0 Å². The summed E-state index contributed by atoms with van der Waals surface area (Å²) in [5, 5.41) is 0. The summed E-state index contributed by atoms with van der Waals surface area (Å²) in [5.74, 6) is -2.14. The van der Waals surface area contributed by atoms with E-state index in [4.69, 9.17) is 4.74 Å². The minimum atomic E-state index is -1.26. The van der Waals surface area contributed by atoms with Crippen molar-refractivity contribution in [2.45, 2.75) is 26.4 Å². The smallest absolute Gasteiger partial charge is 0.319 e. The molecule has 0 amide bonds. The molecule has 118 valence electrons. The number of carbonyl (C=O) groups is 3. The van der Waals surface area contributed by atoms with Gasteiger partial charge in [-0.2, -0.15) is 0 Å². The Hall–Kier alpha value is -1.69. The Morgan fingerprint density at radius 2 is 1.86 bits per heavy atom. The molecule has 0 unspecified atom stereocenters. The number of Topliss-reactive ketones (excluding diaryl/α,β-unsaturated/α-hetero) is 1. The zero-order valence-corrected chi connectivity index (χ0v) is 14.2. The van der Waals surface area contributed by atoms with Gasteiger partial charge in [0.05, 0.1) is 19.4 Å². The quantitative estimate of drug-likeness (QED) is 0.605. The Morgan fingerprint density at radius 3 is 2.41 bits per heavy atom. The van der Waals surface area contributed by atoms with Crippen molar-refractivity contribution < 1.29 is 23.9 Å². The molecule has 2 atom stereocenters. The Labute approximate surface area is 137 Å². The third kappa shape index (κ3) is 3.06. The number of esters is 2. The van der Waals surface area contributed by atoms with Crippen LogP contribution < -0.4 is 0 Å². The van der Waals surface area contributed by atoms with E-state index in [1.165, 1.54) is 21.0 Å². The summed E-state index contributed by atoms with van der Waals surface area (Å²) in [6.45, 7) is 3.03. The summed E-state index contributed by atoms with van der Waals surface area (Å²) >= 11 is 3.33. The van der Waals surface area contributed by atoms with Gasteiger partial charge in [0.25, 0.3) is 0 Å². The van der Waals surface area contributed by atoms with Crippen LogP contribution in [0.15, 0.2) is 28.7 Å². The number of hydrogen-bond acceptors (Lipinski definition) is 5. The van der Waals surface area contributed by atoms with Crippen molar-refractivity contribution in [2.24, 2.45) is 11.3 Å². The number of carbonyl (C=O) groups excluding carboxylic acids is 3. The fraction of sp³-hybridized carbons (Fsp3) is 0.438. The Morgan fingerprint density at radius 1 is 1.27 bits per heavy atom. The second-order valence-corrected chi connectivity index (χ2v) is 6.67. The number of benzene rings is 1. The van der Waals surface area contributed by atoms with Crippen LogP contribution in [0.3, 0.4) is 0 Å². The largest absolute Gasteiger partial charge is 0.469 e. The first kappa shape index (κ1) is 16.7. The summed E-state index contributed by atoms with van der Waals surface area (Å²) in [6, 6.07) is 7.11. The van der Waals surface area contributed by atoms with Crippen LogP contribution in [0.2, 0.25) is 0 Å². The summed E-state index contributed by atoms with van der Waals surface area (Å²) in [7, 11) is 1.27. The number of ketones is 1. The lowest BCUT2D eigenvalue weighted by molar-refractivity contribution is -0.181. The second kappa shape index (κ2) is 6.20. The summed E-state index contributed by atoms with van der Waals surface area (Å²) < 4.78 is 11.0. The number of cyclic esters (lactones) is 1. The minimum Gasteiger partial charge on any atom is -0.469 e. The van der Waals surface area contributed by atoms with Crippen molar-refractivity contribution in [1.82, 2.24) is 0 Å². The predicted molar refractivity (Wildman–Crippen MR) is 81.9 cm³/mol. The van der Waals surface area contributed by atoms with E-state index in [1.807, 2.05) is 0 Å². The molecule has 0 spiro atoms. The van der Waals surface area contributed by atoms with E-state index in [2.05, 4.69) is 20.7 Å². The topological polar surface area (TPSA) is 69.7 Å². The highest BCUT2D eigenvalue weighted by molar-refractivity contribution is 9.10. The van der Waals surface area contributed by atoms with E-state index in [-0.39, 0.29) is 12.2 Å². The molecule has 22 heavy (non-hydrogen) atoms. The number of rotatable bonds is 3. The molecule has 1 aliphatic heterocycles. The Bertz CT molecular complexity index is 605. The minimum absolute atomic E-state index is 0.118. The van der Waals surface area contributed by atoms with Gasteiger partial charge in [0.2, 0.25) is 0 Å². The van der Waals surface area contributed by atoms with Crippen molar-refractivity contribution in [2.75, 3.05) is 7.11 Å². The van der Waals surface area contributed by atoms with Gasteiger partial charge in [0, 0.05) is 4.47 Å². The summed E-state index contributed by atoms with van der Waals surface area (Å²) in [6.07, 6.45) is -0.896. The Kier molecular flexibility index (Phi) is 4.70. The monoisotopic (exact) mass is 368 g/mol. The van der Waals surface area contributed by atoms with Crippen LogP contribution in [0.4, 0.5) is 0 Å². The zero-order valence-electron chi connectivity index (χ0n) is 12.6. The maximum atomic E-state index is 12.6. The maximum Gasteiger partial charge on any atom is 0.319 e. The lowest BCUT2D eigenvalue weighted by atomic mass is 9.74. The molecule has 1 saturated heterocycles. The van der Waals surface area contributed by atoms with Gasteiger partial charge in [0.1, 0.15) is 11.5 Å². The van der Waals surface area contributed by atoms with Crippen molar-refractivity contribution in [3.05, 3.63) is 34.3 Å². The van der Waals surface area contributed by atoms with Crippen LogP contribution in [0.25, 0.3) is 0 Å². The second-order valence-electron chi connectivity index (χ2n) is 5.75. The molecule has 1 aromatic rings. The molecule has 0 bridgehead atoms. The van der Waals surface area contributed by atoms with E-state index in [0.29, 0.717) is 5.56 Å². The average molecular weight is 369 g/mol. The number of hydrogen-bond donors (Lipinski definition) is 0. The van der Waals surface area contributed by atoms with Crippen LogP contribution in [0.1, 0.15) is 31.9 Å². The first-order valence-corrected chi connectivity index (χ1v) is 7.64. The molecule has 2 rings (SSSR count). The fourth-order valence-corrected chi connectivity index (χ4v) is 2.73. The molecule has 0 N–H and O–H groups in total. The van der Waals surface area contributed by atoms with E-state index >= 15 is 0 Å². The number of halogens is 1. The van der Waals surface area contributed by atoms with Gasteiger partial charge in [0.15, 0.2) is 5.78 Å². The normalized spacial score (nSPS) is 23.8. The highest BCUT2D eigenvalue weighted by Crippen LogP contribution is 2.41. The highest BCUT2D eigenvalue weighted by Gasteiger charge is 2.51. The molecule has 5 nitrogen and oxygen atoms in total. The molecule has 1 aliphatic rings.